The molecule has 120 valence electrons. The Morgan fingerprint density at radius 1 is 1.39 bits per heavy atom. The first-order chi connectivity index (χ1) is 10.9. The number of nitrogens with one attached hydrogen (secondary N) is 1. The van der Waals surface area contributed by atoms with E-state index >= 15 is 0 Å². The molecule has 0 radical (unpaired) electrons. The van der Waals surface area contributed by atoms with Gasteiger partial charge in [-0.2, -0.15) is 0 Å². The van der Waals surface area contributed by atoms with E-state index in [9.17, 15) is 14.4 Å². The van der Waals surface area contributed by atoms with Gasteiger partial charge in [0.05, 0.1) is 4.91 Å². The fourth-order valence-corrected chi connectivity index (χ4v) is 3.08. The first-order valence-electron chi connectivity index (χ1n) is 6.71. The van der Waals surface area contributed by atoms with E-state index in [0.29, 0.717) is 4.91 Å². The Balaban J connectivity index is 2.06. The summed E-state index contributed by atoms with van der Waals surface area (Å²) in [5.41, 5.74) is 0.858. The highest BCUT2D eigenvalue weighted by atomic mass is 32.2. The number of thiocarbonyl (C=S) groups is 1. The normalized spacial score (nSPS) is 17.4. The summed E-state index contributed by atoms with van der Waals surface area (Å²) in [5, 5.41) is 11.1. The molecule has 1 atom stereocenters. The van der Waals surface area contributed by atoms with Crippen LogP contribution >= 0.6 is 24.0 Å². The summed E-state index contributed by atoms with van der Waals surface area (Å²) in [6, 6.07) is 8.26. The molecule has 1 aliphatic rings. The number of carbonyl (C=O) groups is 3. The van der Waals surface area contributed by atoms with Gasteiger partial charge in [0.15, 0.2) is 0 Å². The summed E-state index contributed by atoms with van der Waals surface area (Å²) in [7, 11) is 0. The van der Waals surface area contributed by atoms with Gasteiger partial charge in [-0.1, -0.05) is 54.3 Å². The second-order valence-corrected chi connectivity index (χ2v) is 6.48. The second kappa shape index (κ2) is 7.38. The number of carboxylic acids is 1. The minimum Gasteiger partial charge on any atom is -0.480 e. The smallest absolute Gasteiger partial charge is 0.325 e. The molecule has 0 bridgehead atoms. The molecular formula is C15H14N2O4S2. The topological polar surface area (TPSA) is 86.7 Å². The second-order valence-electron chi connectivity index (χ2n) is 4.81. The summed E-state index contributed by atoms with van der Waals surface area (Å²) in [5.74, 6) is -2.08. The highest BCUT2D eigenvalue weighted by Gasteiger charge is 2.33. The molecule has 0 aliphatic carbocycles. The van der Waals surface area contributed by atoms with Gasteiger partial charge in [-0.3, -0.25) is 19.3 Å². The fraction of sp³-hybridized carbons (Fsp3) is 0.200. The number of benzene rings is 1. The Hall–Kier alpha value is -2.19. The Morgan fingerprint density at radius 2 is 2.04 bits per heavy atom. The lowest BCUT2D eigenvalue weighted by atomic mass is 10.2. The van der Waals surface area contributed by atoms with Crippen molar-refractivity contribution >= 4 is 52.2 Å². The fourth-order valence-electron chi connectivity index (χ4n) is 1.83. The van der Waals surface area contributed by atoms with Crippen LogP contribution in [0.2, 0.25) is 0 Å². The van der Waals surface area contributed by atoms with Crippen LogP contribution in [0.3, 0.4) is 0 Å². The van der Waals surface area contributed by atoms with E-state index in [1.54, 1.807) is 6.08 Å². The molecule has 8 heteroatoms. The van der Waals surface area contributed by atoms with Gasteiger partial charge < -0.3 is 10.4 Å². The zero-order chi connectivity index (χ0) is 17.0. The van der Waals surface area contributed by atoms with E-state index in [4.69, 9.17) is 17.3 Å². The molecule has 1 aromatic rings. The number of thioether (sulfide) groups is 1. The monoisotopic (exact) mass is 350 g/mol. The van der Waals surface area contributed by atoms with Crippen LogP contribution in [-0.4, -0.2) is 44.7 Å². The lowest BCUT2D eigenvalue weighted by Gasteiger charge is -2.15. The number of nitrogens with zero attached hydrogens (tertiary/aromatic N) is 1. The van der Waals surface area contributed by atoms with Crippen LogP contribution < -0.4 is 5.32 Å². The van der Waals surface area contributed by atoms with Gasteiger partial charge in [0.25, 0.3) is 5.91 Å². The SMILES string of the molecule is C[C@H](NC(=O)CN1C(=O)/C(=C/c2ccccc2)SC1=S)C(=O)O. The van der Waals surface area contributed by atoms with Crippen LogP contribution in [-0.2, 0) is 14.4 Å². The van der Waals surface area contributed by atoms with E-state index < -0.39 is 17.9 Å². The number of carbonyl (C=O) groups excluding carboxylic acids is 2. The quantitative estimate of drug-likeness (QED) is 0.618. The number of aliphatic carboxylic acids is 1. The zero-order valence-electron chi connectivity index (χ0n) is 12.2. The van der Waals surface area contributed by atoms with Crippen LogP contribution in [0.25, 0.3) is 6.08 Å². The third kappa shape index (κ3) is 4.40. The van der Waals surface area contributed by atoms with Crippen LogP contribution in [0.15, 0.2) is 35.2 Å². The Bertz CT molecular complexity index is 688. The number of rotatable bonds is 5. The van der Waals surface area contributed by atoms with Crippen LogP contribution in [0.5, 0.6) is 0 Å². The van der Waals surface area contributed by atoms with Crippen molar-refractivity contribution < 1.29 is 19.5 Å². The average Bonchev–Trinajstić information content (AvgIpc) is 2.75. The minimum atomic E-state index is -1.15. The van der Waals surface area contributed by atoms with Crippen molar-refractivity contribution in [1.29, 1.82) is 0 Å². The first-order valence-corrected chi connectivity index (χ1v) is 7.93. The molecule has 1 fully saturated rings. The van der Waals surface area contributed by atoms with Gasteiger partial charge in [-0.25, -0.2) is 0 Å². The van der Waals surface area contributed by atoms with Crippen LogP contribution in [0.1, 0.15) is 12.5 Å². The summed E-state index contributed by atoms with van der Waals surface area (Å²) in [6.45, 7) is 1.05. The molecular weight excluding hydrogens is 336 g/mol. The van der Waals surface area contributed by atoms with Gasteiger partial charge in [-0.15, -0.1) is 0 Å². The molecule has 0 unspecified atom stereocenters. The Kier molecular flexibility index (Phi) is 5.51. The zero-order valence-corrected chi connectivity index (χ0v) is 13.8. The first kappa shape index (κ1) is 17.2. The number of hydrogen-bond acceptors (Lipinski definition) is 5. The van der Waals surface area contributed by atoms with Crippen molar-refractivity contribution in [2.45, 2.75) is 13.0 Å². The largest absolute Gasteiger partial charge is 0.480 e. The van der Waals surface area contributed by atoms with Gasteiger partial charge >= 0.3 is 5.97 Å². The predicted octanol–water partition coefficient (Wildman–Crippen LogP) is 1.48. The molecule has 0 saturated carbocycles. The molecule has 2 rings (SSSR count). The summed E-state index contributed by atoms with van der Waals surface area (Å²) >= 11 is 6.24. The Labute approximate surface area is 142 Å². The molecule has 1 saturated heterocycles. The van der Waals surface area contributed by atoms with E-state index in [0.717, 1.165) is 17.3 Å². The van der Waals surface area contributed by atoms with Crippen molar-refractivity contribution in [3.63, 3.8) is 0 Å². The third-order valence-corrected chi connectivity index (χ3v) is 4.40. The van der Waals surface area contributed by atoms with Gasteiger partial charge in [0.2, 0.25) is 5.91 Å². The average molecular weight is 350 g/mol. The molecule has 1 heterocycles. The summed E-state index contributed by atoms with van der Waals surface area (Å²) in [6.07, 6.45) is 1.71. The molecule has 1 aromatic carbocycles. The van der Waals surface area contributed by atoms with Crippen molar-refractivity contribution in [2.75, 3.05) is 6.54 Å². The molecule has 23 heavy (non-hydrogen) atoms. The summed E-state index contributed by atoms with van der Waals surface area (Å²) in [4.78, 5) is 36.5. The standard InChI is InChI=1S/C15H14N2O4S2/c1-9(14(20)21)16-12(18)8-17-13(19)11(23-15(17)22)7-10-5-3-2-4-6-10/h2-7,9H,8H2,1H3,(H,16,18)(H,20,21)/b11-7-/t9-/m0/s1. The van der Waals surface area contributed by atoms with Crippen molar-refractivity contribution in [2.24, 2.45) is 0 Å². The van der Waals surface area contributed by atoms with Crippen molar-refractivity contribution in [3.8, 4) is 0 Å². The van der Waals surface area contributed by atoms with Crippen molar-refractivity contribution in [3.05, 3.63) is 40.8 Å². The molecule has 2 N–H and O–H groups in total. The Morgan fingerprint density at radius 3 is 2.65 bits per heavy atom. The minimum absolute atomic E-state index is 0.273. The highest BCUT2D eigenvalue weighted by Crippen LogP contribution is 2.32. The molecule has 2 amide bonds. The lowest BCUT2D eigenvalue weighted by Crippen LogP contribution is -2.45. The van der Waals surface area contributed by atoms with Crippen LogP contribution in [0.4, 0.5) is 0 Å². The van der Waals surface area contributed by atoms with Crippen molar-refractivity contribution in [1.82, 2.24) is 10.2 Å². The highest BCUT2D eigenvalue weighted by molar-refractivity contribution is 8.26. The van der Waals surface area contributed by atoms with E-state index in [1.807, 2.05) is 30.3 Å². The van der Waals surface area contributed by atoms with Gasteiger partial charge in [-0.05, 0) is 18.6 Å². The number of amides is 2. The molecule has 0 spiro atoms. The maximum atomic E-state index is 12.3. The van der Waals surface area contributed by atoms with Crippen LogP contribution in [0, 0.1) is 0 Å². The molecule has 0 aromatic heterocycles. The third-order valence-electron chi connectivity index (χ3n) is 3.02. The van der Waals surface area contributed by atoms with E-state index in [-0.39, 0.29) is 16.8 Å². The van der Waals surface area contributed by atoms with E-state index in [2.05, 4.69) is 5.32 Å². The van der Waals surface area contributed by atoms with Gasteiger partial charge in [0.1, 0.15) is 16.9 Å². The lowest BCUT2D eigenvalue weighted by molar-refractivity contribution is -0.141. The molecule has 6 nitrogen and oxygen atoms in total. The number of hydrogen-bond donors (Lipinski definition) is 2. The maximum absolute atomic E-state index is 12.3. The summed E-state index contributed by atoms with van der Waals surface area (Å²) < 4.78 is 0.273. The number of carboxylic acid groups (broad SMARTS) is 1. The van der Waals surface area contributed by atoms with Gasteiger partial charge in [0, 0.05) is 0 Å². The maximum Gasteiger partial charge on any atom is 0.325 e. The predicted molar refractivity (Wildman–Crippen MR) is 91.6 cm³/mol. The van der Waals surface area contributed by atoms with E-state index in [1.165, 1.54) is 11.8 Å². The molecule has 1 aliphatic heterocycles.